The Morgan fingerprint density at radius 2 is 1.75 bits per heavy atom. The van der Waals surface area contributed by atoms with Crippen LogP contribution in [0.2, 0.25) is 0 Å². The molecular formula is C11H11NaO7S. The molecule has 20 heavy (non-hydrogen) atoms. The number of carbonyl (C=O) groups excluding carboxylic acids is 2. The molecule has 0 aliphatic rings. The van der Waals surface area contributed by atoms with Gasteiger partial charge >= 0.3 is 35.5 Å². The smallest absolute Gasteiger partial charge is 0.545 e. The first-order valence-electron chi connectivity index (χ1n) is 5.16. The Balaban J connectivity index is 0.00000361. The summed E-state index contributed by atoms with van der Waals surface area (Å²) in [5.41, 5.74) is -0.677. The van der Waals surface area contributed by atoms with E-state index in [2.05, 4.69) is 8.92 Å². The molecule has 0 radical (unpaired) electrons. The van der Waals surface area contributed by atoms with Gasteiger partial charge in [0.25, 0.3) is 10.1 Å². The predicted octanol–water partition coefficient (Wildman–Crippen LogP) is -3.43. The van der Waals surface area contributed by atoms with Crippen LogP contribution < -0.4 is 34.7 Å². The normalized spacial score (nSPS) is 10.5. The number of methoxy groups -OCH3 is 1. The summed E-state index contributed by atoms with van der Waals surface area (Å²) in [5, 5.41) is 10.8. The van der Waals surface area contributed by atoms with E-state index in [9.17, 15) is 23.1 Å². The van der Waals surface area contributed by atoms with Crippen molar-refractivity contribution in [3.8, 4) is 0 Å². The van der Waals surface area contributed by atoms with Gasteiger partial charge in [-0.3, -0.25) is 4.18 Å². The molecule has 0 N–H and O–H groups in total. The molecule has 0 fully saturated rings. The van der Waals surface area contributed by atoms with E-state index < -0.39 is 32.5 Å². The van der Waals surface area contributed by atoms with Crippen LogP contribution in [-0.2, 0) is 19.0 Å². The Morgan fingerprint density at radius 3 is 2.20 bits per heavy atom. The summed E-state index contributed by atoms with van der Waals surface area (Å²) in [5.74, 6) is -2.48. The first kappa shape index (κ1) is 19.1. The minimum atomic E-state index is -4.13. The van der Waals surface area contributed by atoms with Gasteiger partial charge in [0.15, 0.2) is 0 Å². The molecule has 0 aliphatic carbocycles. The Bertz CT molecular complexity index is 609. The SMILES string of the molecule is CCOS(=O)(=O)c1cc(C(=O)[O-])cc(C(=O)OC)c1.[Na+]. The molecule has 0 saturated carbocycles. The minimum absolute atomic E-state index is 0. The van der Waals surface area contributed by atoms with Gasteiger partial charge in [0.2, 0.25) is 0 Å². The van der Waals surface area contributed by atoms with Gasteiger partial charge in [-0.05, 0) is 30.7 Å². The average Bonchev–Trinajstić information content (AvgIpc) is 2.37. The van der Waals surface area contributed by atoms with E-state index in [-0.39, 0.29) is 41.7 Å². The van der Waals surface area contributed by atoms with Gasteiger partial charge < -0.3 is 14.6 Å². The van der Waals surface area contributed by atoms with Crippen molar-refractivity contribution in [3.63, 3.8) is 0 Å². The summed E-state index contributed by atoms with van der Waals surface area (Å²) in [6.45, 7) is 1.34. The Hall–Kier alpha value is -0.930. The number of carbonyl (C=O) groups is 2. The molecule has 0 atom stereocenters. The van der Waals surface area contributed by atoms with Crippen molar-refractivity contribution in [2.45, 2.75) is 11.8 Å². The maximum absolute atomic E-state index is 11.7. The van der Waals surface area contributed by atoms with E-state index >= 15 is 0 Å². The van der Waals surface area contributed by atoms with Gasteiger partial charge in [-0.15, -0.1) is 0 Å². The second kappa shape index (κ2) is 7.75. The quantitative estimate of drug-likeness (QED) is 0.316. The molecule has 104 valence electrons. The number of ether oxygens (including phenoxy) is 1. The Kier molecular flexibility index (Phi) is 7.39. The number of carboxylic acids is 1. The average molecular weight is 310 g/mol. The zero-order chi connectivity index (χ0) is 14.6. The first-order valence-corrected chi connectivity index (χ1v) is 6.56. The summed E-state index contributed by atoms with van der Waals surface area (Å²) in [6, 6.07) is 2.79. The van der Waals surface area contributed by atoms with Crippen molar-refractivity contribution in [2.75, 3.05) is 13.7 Å². The number of carboxylic acid groups (broad SMARTS) is 1. The topological polar surface area (TPSA) is 110 Å². The van der Waals surface area contributed by atoms with E-state index in [1.807, 2.05) is 0 Å². The molecule has 9 heteroatoms. The third-order valence-electron chi connectivity index (χ3n) is 2.13. The molecule has 0 heterocycles. The van der Waals surface area contributed by atoms with Gasteiger partial charge in [-0.25, -0.2) is 4.79 Å². The molecule has 7 nitrogen and oxygen atoms in total. The van der Waals surface area contributed by atoms with E-state index in [1.54, 1.807) is 0 Å². The monoisotopic (exact) mass is 310 g/mol. The van der Waals surface area contributed by atoms with Crippen molar-refractivity contribution >= 4 is 22.1 Å². The molecule has 0 bridgehead atoms. The number of rotatable bonds is 5. The minimum Gasteiger partial charge on any atom is -0.545 e. The van der Waals surface area contributed by atoms with Crippen molar-refractivity contribution in [1.82, 2.24) is 0 Å². The standard InChI is InChI=1S/C11H12O7S.Na/c1-3-18-19(15,16)9-5-7(10(12)13)4-8(6-9)11(14)17-2;/h4-6H,3H2,1-2H3,(H,12,13);/q;+1/p-1. The Labute approximate surface area is 138 Å². The third kappa shape index (κ3) is 4.57. The fourth-order valence-corrected chi connectivity index (χ4v) is 2.31. The van der Waals surface area contributed by atoms with Crippen LogP contribution in [-0.4, -0.2) is 34.1 Å². The second-order valence-corrected chi connectivity index (χ2v) is 5.00. The number of benzene rings is 1. The van der Waals surface area contributed by atoms with Gasteiger partial charge in [-0.1, -0.05) is 0 Å². The van der Waals surface area contributed by atoms with E-state index in [4.69, 9.17) is 0 Å². The van der Waals surface area contributed by atoms with Gasteiger partial charge in [-0.2, -0.15) is 8.42 Å². The van der Waals surface area contributed by atoms with Crippen LogP contribution in [0.5, 0.6) is 0 Å². The molecule has 1 rings (SSSR count). The van der Waals surface area contributed by atoms with Crippen molar-refractivity contribution < 1.29 is 61.6 Å². The van der Waals surface area contributed by atoms with E-state index in [1.165, 1.54) is 6.92 Å². The van der Waals surface area contributed by atoms with Crippen LogP contribution in [0, 0.1) is 0 Å². The zero-order valence-electron chi connectivity index (χ0n) is 11.2. The summed E-state index contributed by atoms with van der Waals surface area (Å²) in [7, 11) is -3.04. The van der Waals surface area contributed by atoms with Crippen molar-refractivity contribution in [3.05, 3.63) is 29.3 Å². The van der Waals surface area contributed by atoms with Crippen molar-refractivity contribution in [2.24, 2.45) is 0 Å². The molecule has 0 amide bonds. The number of aromatic carboxylic acids is 1. The predicted molar refractivity (Wildman–Crippen MR) is 60.9 cm³/mol. The van der Waals surface area contributed by atoms with Gasteiger partial charge in [0.1, 0.15) is 0 Å². The fraction of sp³-hybridized carbons (Fsp3) is 0.273. The molecule has 1 aromatic carbocycles. The second-order valence-electron chi connectivity index (χ2n) is 3.39. The number of hydrogen-bond acceptors (Lipinski definition) is 7. The van der Waals surface area contributed by atoms with Gasteiger partial charge in [0, 0.05) is 0 Å². The zero-order valence-corrected chi connectivity index (χ0v) is 14.0. The summed E-state index contributed by atoms with van der Waals surface area (Å²) >= 11 is 0. The number of hydrogen-bond donors (Lipinski definition) is 0. The number of esters is 1. The molecular weight excluding hydrogens is 299 g/mol. The summed E-state index contributed by atoms with van der Waals surface area (Å²) in [6.07, 6.45) is 0. The van der Waals surface area contributed by atoms with E-state index in [0.29, 0.717) is 0 Å². The molecule has 0 unspecified atom stereocenters. The van der Waals surface area contributed by atoms with Crippen LogP contribution >= 0.6 is 0 Å². The maximum Gasteiger partial charge on any atom is 1.00 e. The maximum atomic E-state index is 11.7. The first-order chi connectivity index (χ1) is 8.81. The van der Waals surface area contributed by atoms with Crippen LogP contribution in [0.4, 0.5) is 0 Å². The third-order valence-corrected chi connectivity index (χ3v) is 3.48. The van der Waals surface area contributed by atoms with Crippen LogP contribution in [0.3, 0.4) is 0 Å². The Morgan fingerprint density at radius 1 is 1.20 bits per heavy atom. The van der Waals surface area contributed by atoms with Crippen LogP contribution in [0.25, 0.3) is 0 Å². The molecule has 0 aliphatic heterocycles. The summed E-state index contributed by atoms with van der Waals surface area (Å²) < 4.78 is 32.3. The molecule has 0 spiro atoms. The largest absolute Gasteiger partial charge is 1.00 e. The van der Waals surface area contributed by atoms with Gasteiger partial charge in [0.05, 0.1) is 30.1 Å². The molecule has 1 aromatic rings. The molecule has 0 saturated heterocycles. The van der Waals surface area contributed by atoms with Crippen LogP contribution in [0.1, 0.15) is 27.6 Å². The summed E-state index contributed by atoms with van der Waals surface area (Å²) in [4.78, 5) is 21.7. The van der Waals surface area contributed by atoms with E-state index in [0.717, 1.165) is 25.3 Å². The fourth-order valence-electron chi connectivity index (χ4n) is 1.32. The van der Waals surface area contributed by atoms with Crippen molar-refractivity contribution in [1.29, 1.82) is 0 Å². The molecule has 0 aromatic heterocycles. The van der Waals surface area contributed by atoms with Crippen LogP contribution in [0.15, 0.2) is 23.1 Å².